The summed E-state index contributed by atoms with van der Waals surface area (Å²) < 4.78 is 10.2. The van der Waals surface area contributed by atoms with E-state index >= 15 is 0 Å². The molecule has 3 rings (SSSR count). The Labute approximate surface area is 187 Å². The Kier molecular flexibility index (Phi) is 6.97. The predicted molar refractivity (Wildman–Crippen MR) is 115 cm³/mol. The summed E-state index contributed by atoms with van der Waals surface area (Å²) in [6, 6.07) is 16.1. The number of esters is 2. The van der Waals surface area contributed by atoms with Crippen LogP contribution in [0.15, 0.2) is 66.7 Å². The lowest BCUT2D eigenvalue weighted by Crippen LogP contribution is -2.14. The lowest BCUT2D eigenvalue weighted by Gasteiger charge is -2.07. The number of benzene rings is 3. The first-order valence-electron chi connectivity index (χ1n) is 9.28. The smallest absolute Gasteiger partial charge is 0.343 e. The topological polar surface area (TPSA) is 113 Å². The number of aryl methyl sites for hydroxylation is 1. The standard InChI is InChI=1S/C23H16ClNO7/c1-14-2-4-16(5-3-14)23(28)32-18-9-6-15(7-10-18)21(26)13-31-22(27)17-8-11-19(24)20(12-17)25(29)30/h2-12H,13H2,1H3. The summed E-state index contributed by atoms with van der Waals surface area (Å²) >= 11 is 5.71. The number of nitrogens with zero attached hydrogens (tertiary/aromatic N) is 1. The number of Topliss-reactive ketones (excluding diaryl/α,β-unsaturated/α-hetero) is 1. The molecule has 0 saturated carbocycles. The first kappa shape index (κ1) is 22.6. The van der Waals surface area contributed by atoms with E-state index in [1.165, 1.54) is 36.4 Å². The minimum atomic E-state index is -0.901. The maximum absolute atomic E-state index is 12.3. The second-order valence-electron chi connectivity index (χ2n) is 6.70. The Balaban J connectivity index is 1.58. The zero-order valence-corrected chi connectivity index (χ0v) is 17.5. The second kappa shape index (κ2) is 9.84. The van der Waals surface area contributed by atoms with Gasteiger partial charge in [-0.3, -0.25) is 14.9 Å². The van der Waals surface area contributed by atoms with Crippen molar-refractivity contribution in [1.29, 1.82) is 0 Å². The van der Waals surface area contributed by atoms with Crippen molar-refractivity contribution < 1.29 is 28.8 Å². The van der Waals surface area contributed by atoms with Gasteiger partial charge in [-0.15, -0.1) is 0 Å². The lowest BCUT2D eigenvalue weighted by atomic mass is 10.1. The SMILES string of the molecule is Cc1ccc(C(=O)Oc2ccc(C(=O)COC(=O)c3ccc(Cl)c([N+](=O)[O-])c3)cc2)cc1. The monoisotopic (exact) mass is 453 g/mol. The molecule has 0 aliphatic rings. The van der Waals surface area contributed by atoms with E-state index in [0.717, 1.165) is 11.6 Å². The van der Waals surface area contributed by atoms with Gasteiger partial charge in [0.1, 0.15) is 10.8 Å². The normalized spacial score (nSPS) is 10.3. The predicted octanol–water partition coefficient (Wildman–Crippen LogP) is 4.82. The summed E-state index contributed by atoms with van der Waals surface area (Å²) in [6.45, 7) is 1.33. The Morgan fingerprint density at radius 1 is 0.875 bits per heavy atom. The van der Waals surface area contributed by atoms with E-state index in [1.54, 1.807) is 24.3 Å². The van der Waals surface area contributed by atoms with Crippen LogP contribution in [0.2, 0.25) is 5.02 Å². The second-order valence-corrected chi connectivity index (χ2v) is 7.11. The molecule has 0 aromatic heterocycles. The summed E-state index contributed by atoms with van der Waals surface area (Å²) in [5.74, 6) is -1.69. The average Bonchev–Trinajstić information content (AvgIpc) is 2.78. The van der Waals surface area contributed by atoms with Crippen molar-refractivity contribution in [2.45, 2.75) is 6.92 Å². The zero-order valence-electron chi connectivity index (χ0n) is 16.7. The molecule has 0 fully saturated rings. The molecule has 0 aliphatic carbocycles. The Bertz CT molecular complexity index is 1190. The molecule has 32 heavy (non-hydrogen) atoms. The van der Waals surface area contributed by atoms with E-state index in [0.29, 0.717) is 5.56 Å². The third-order valence-corrected chi connectivity index (χ3v) is 4.71. The molecule has 0 bridgehead atoms. The fraction of sp³-hybridized carbons (Fsp3) is 0.0870. The molecule has 162 valence electrons. The molecule has 0 spiro atoms. The number of carbonyl (C=O) groups excluding carboxylic acids is 3. The van der Waals surface area contributed by atoms with Crippen LogP contribution in [-0.4, -0.2) is 29.3 Å². The third-order valence-electron chi connectivity index (χ3n) is 4.39. The molecule has 0 aliphatic heterocycles. The minimum absolute atomic E-state index is 0.104. The fourth-order valence-electron chi connectivity index (χ4n) is 2.64. The summed E-state index contributed by atoms with van der Waals surface area (Å²) in [5, 5.41) is 10.8. The highest BCUT2D eigenvalue weighted by atomic mass is 35.5. The van der Waals surface area contributed by atoms with E-state index in [1.807, 2.05) is 6.92 Å². The Morgan fingerprint density at radius 2 is 1.47 bits per heavy atom. The molecule has 0 unspecified atom stereocenters. The van der Waals surface area contributed by atoms with Gasteiger partial charge in [-0.1, -0.05) is 29.3 Å². The maximum Gasteiger partial charge on any atom is 0.343 e. The highest BCUT2D eigenvalue weighted by Gasteiger charge is 2.18. The largest absolute Gasteiger partial charge is 0.454 e. The molecule has 3 aromatic carbocycles. The van der Waals surface area contributed by atoms with E-state index in [2.05, 4.69) is 0 Å². The highest BCUT2D eigenvalue weighted by molar-refractivity contribution is 6.32. The van der Waals surface area contributed by atoms with E-state index in [4.69, 9.17) is 21.1 Å². The van der Waals surface area contributed by atoms with E-state index in [9.17, 15) is 24.5 Å². The van der Waals surface area contributed by atoms with Crippen molar-refractivity contribution in [2.24, 2.45) is 0 Å². The molecule has 0 amide bonds. The van der Waals surface area contributed by atoms with Crippen LogP contribution in [0.3, 0.4) is 0 Å². The van der Waals surface area contributed by atoms with Crippen LogP contribution in [0.5, 0.6) is 5.75 Å². The van der Waals surface area contributed by atoms with Gasteiger partial charge in [0.2, 0.25) is 0 Å². The van der Waals surface area contributed by atoms with Crippen LogP contribution in [0.25, 0.3) is 0 Å². The molecule has 9 heteroatoms. The summed E-state index contributed by atoms with van der Waals surface area (Å²) in [7, 11) is 0. The van der Waals surface area contributed by atoms with Crippen LogP contribution < -0.4 is 4.74 Å². The zero-order chi connectivity index (χ0) is 23.3. The molecule has 0 N–H and O–H groups in total. The summed E-state index contributed by atoms with van der Waals surface area (Å²) in [5.41, 5.74) is 1.09. The quantitative estimate of drug-likeness (QED) is 0.166. The van der Waals surface area contributed by atoms with Gasteiger partial charge in [0.05, 0.1) is 16.1 Å². The number of nitro groups is 1. The Hall–Kier alpha value is -4.04. The summed E-state index contributed by atoms with van der Waals surface area (Å²) in [4.78, 5) is 46.7. The number of rotatable bonds is 7. The van der Waals surface area contributed by atoms with Crippen LogP contribution in [0, 0.1) is 17.0 Å². The number of halogens is 1. The average molecular weight is 454 g/mol. The van der Waals surface area contributed by atoms with Crippen molar-refractivity contribution in [3.8, 4) is 5.75 Å². The van der Waals surface area contributed by atoms with Crippen LogP contribution in [0.1, 0.15) is 36.6 Å². The molecule has 3 aromatic rings. The first-order valence-corrected chi connectivity index (χ1v) is 9.65. The van der Waals surface area contributed by atoms with Crippen molar-refractivity contribution in [2.75, 3.05) is 6.61 Å². The van der Waals surface area contributed by atoms with Gasteiger partial charge in [-0.05, 0) is 55.5 Å². The van der Waals surface area contributed by atoms with Gasteiger partial charge in [-0.25, -0.2) is 9.59 Å². The van der Waals surface area contributed by atoms with E-state index < -0.39 is 34.9 Å². The van der Waals surface area contributed by atoms with Crippen LogP contribution in [-0.2, 0) is 4.74 Å². The lowest BCUT2D eigenvalue weighted by molar-refractivity contribution is -0.384. The molecular formula is C23H16ClNO7. The Morgan fingerprint density at radius 3 is 2.09 bits per heavy atom. The first-order chi connectivity index (χ1) is 15.2. The van der Waals surface area contributed by atoms with Crippen molar-refractivity contribution >= 4 is 35.0 Å². The van der Waals surface area contributed by atoms with Gasteiger partial charge in [0.25, 0.3) is 5.69 Å². The molecule has 0 atom stereocenters. The van der Waals surface area contributed by atoms with Crippen molar-refractivity contribution in [3.63, 3.8) is 0 Å². The highest BCUT2D eigenvalue weighted by Crippen LogP contribution is 2.25. The fourth-order valence-corrected chi connectivity index (χ4v) is 2.83. The number of hydrogen-bond acceptors (Lipinski definition) is 7. The third kappa shape index (κ3) is 5.55. The molecular weight excluding hydrogens is 438 g/mol. The van der Waals surface area contributed by atoms with Gasteiger partial charge < -0.3 is 9.47 Å². The van der Waals surface area contributed by atoms with Crippen molar-refractivity contribution in [3.05, 3.63) is 104 Å². The molecule has 0 saturated heterocycles. The van der Waals surface area contributed by atoms with Gasteiger partial charge in [-0.2, -0.15) is 0 Å². The molecule has 0 radical (unpaired) electrons. The number of hydrogen-bond donors (Lipinski definition) is 0. The van der Waals surface area contributed by atoms with Crippen LogP contribution >= 0.6 is 11.6 Å². The van der Waals surface area contributed by atoms with Gasteiger partial charge in [0.15, 0.2) is 12.4 Å². The van der Waals surface area contributed by atoms with Gasteiger partial charge >= 0.3 is 11.9 Å². The number of carbonyl (C=O) groups is 3. The van der Waals surface area contributed by atoms with Gasteiger partial charge in [0, 0.05) is 11.6 Å². The maximum atomic E-state index is 12.3. The number of nitro benzene ring substituents is 1. The van der Waals surface area contributed by atoms with E-state index in [-0.39, 0.29) is 21.9 Å². The number of ether oxygens (including phenoxy) is 2. The summed E-state index contributed by atoms with van der Waals surface area (Å²) in [6.07, 6.45) is 0. The van der Waals surface area contributed by atoms with Crippen molar-refractivity contribution in [1.82, 2.24) is 0 Å². The number of ketones is 1. The molecule has 0 heterocycles. The van der Waals surface area contributed by atoms with Crippen LogP contribution in [0.4, 0.5) is 5.69 Å². The minimum Gasteiger partial charge on any atom is -0.454 e. The molecule has 8 nitrogen and oxygen atoms in total.